The topological polar surface area (TPSA) is 67.2 Å². The van der Waals surface area contributed by atoms with Crippen LogP contribution in [0.15, 0.2) is 36.4 Å². The lowest BCUT2D eigenvalue weighted by atomic mass is 10.0. The predicted molar refractivity (Wildman–Crippen MR) is 84.4 cm³/mol. The third-order valence-electron chi connectivity index (χ3n) is 3.75. The summed E-state index contributed by atoms with van der Waals surface area (Å²) in [5.41, 5.74) is 5.28. The predicted octanol–water partition coefficient (Wildman–Crippen LogP) is 4.00. The van der Waals surface area contributed by atoms with Crippen molar-refractivity contribution in [3.05, 3.63) is 57.6 Å². The Balaban J connectivity index is 1.89. The number of nitrogens with one attached hydrogen (secondary N) is 2. The normalized spacial score (nSPS) is 13.2. The Bertz CT molecular complexity index is 698. The number of hydrogen-bond donors (Lipinski definition) is 2. The summed E-state index contributed by atoms with van der Waals surface area (Å²) in [6.07, 6.45) is 2.19. The first-order valence-electron chi connectivity index (χ1n) is 7.02. The van der Waals surface area contributed by atoms with Gasteiger partial charge in [-0.2, -0.15) is 0 Å². The largest absolute Gasteiger partial charge is 0.385 e. The third kappa shape index (κ3) is 2.81. The fourth-order valence-corrected chi connectivity index (χ4v) is 2.57. The number of benzene rings is 2. The van der Waals surface area contributed by atoms with Crippen LogP contribution in [0.1, 0.15) is 17.5 Å². The third-order valence-corrected chi connectivity index (χ3v) is 3.75. The van der Waals surface area contributed by atoms with Crippen LogP contribution < -0.4 is 10.6 Å². The van der Waals surface area contributed by atoms with Crippen molar-refractivity contribution in [2.45, 2.75) is 19.8 Å². The number of nitro groups is 1. The number of rotatable bonds is 3. The summed E-state index contributed by atoms with van der Waals surface area (Å²) >= 11 is 0. The summed E-state index contributed by atoms with van der Waals surface area (Å²) in [4.78, 5) is 10.5. The van der Waals surface area contributed by atoms with Crippen LogP contribution in [-0.2, 0) is 6.42 Å². The molecular formula is C16H17N3O2. The molecule has 2 aromatic carbocycles. The Labute approximate surface area is 123 Å². The average Bonchev–Trinajstić information content (AvgIpc) is 2.49. The Kier molecular flexibility index (Phi) is 3.48. The van der Waals surface area contributed by atoms with E-state index in [2.05, 4.69) is 22.8 Å². The first-order valence-corrected chi connectivity index (χ1v) is 7.02. The van der Waals surface area contributed by atoms with E-state index in [-0.39, 0.29) is 10.6 Å². The summed E-state index contributed by atoms with van der Waals surface area (Å²) in [5, 5.41) is 17.5. The first-order chi connectivity index (χ1) is 10.1. The molecule has 0 aliphatic carbocycles. The number of aryl methyl sites for hydroxylation is 2. The lowest BCUT2D eigenvalue weighted by molar-refractivity contribution is -0.384. The fraction of sp³-hybridized carbons (Fsp3) is 0.250. The van der Waals surface area contributed by atoms with Gasteiger partial charge in [0.1, 0.15) is 0 Å². The molecule has 1 aliphatic rings. The van der Waals surface area contributed by atoms with Crippen LogP contribution in [0.3, 0.4) is 0 Å². The Morgan fingerprint density at radius 1 is 1.24 bits per heavy atom. The number of fused-ring (bicyclic) bond motifs is 1. The van der Waals surface area contributed by atoms with Gasteiger partial charge in [0, 0.05) is 35.7 Å². The van der Waals surface area contributed by atoms with Gasteiger partial charge in [0.2, 0.25) is 0 Å². The van der Waals surface area contributed by atoms with E-state index < -0.39 is 0 Å². The lowest BCUT2D eigenvalue weighted by Gasteiger charge is -2.19. The highest BCUT2D eigenvalue weighted by molar-refractivity contribution is 5.69. The van der Waals surface area contributed by atoms with Gasteiger partial charge in [-0.25, -0.2) is 0 Å². The molecule has 0 amide bonds. The van der Waals surface area contributed by atoms with E-state index in [1.165, 1.54) is 17.3 Å². The maximum atomic E-state index is 10.9. The highest BCUT2D eigenvalue weighted by Crippen LogP contribution is 2.29. The van der Waals surface area contributed by atoms with Crippen molar-refractivity contribution < 1.29 is 4.92 Å². The van der Waals surface area contributed by atoms with Gasteiger partial charge in [0.05, 0.1) is 4.92 Å². The Morgan fingerprint density at radius 2 is 2.10 bits per heavy atom. The Morgan fingerprint density at radius 3 is 2.90 bits per heavy atom. The van der Waals surface area contributed by atoms with Crippen molar-refractivity contribution in [1.82, 2.24) is 0 Å². The summed E-state index contributed by atoms with van der Waals surface area (Å²) in [5.74, 6) is 0. The van der Waals surface area contributed by atoms with E-state index in [4.69, 9.17) is 0 Å². The number of non-ortho nitro benzene ring substituents is 1. The number of nitrogens with zero attached hydrogens (tertiary/aromatic N) is 1. The summed E-state index contributed by atoms with van der Waals surface area (Å²) < 4.78 is 0. The van der Waals surface area contributed by atoms with Gasteiger partial charge in [0.15, 0.2) is 0 Å². The molecule has 2 aromatic rings. The SMILES string of the molecule is Cc1ccc([N+](=O)[O-])cc1Nc1ccc2c(c1)CCCN2. The average molecular weight is 283 g/mol. The van der Waals surface area contributed by atoms with Crippen molar-refractivity contribution in [3.63, 3.8) is 0 Å². The summed E-state index contributed by atoms with van der Waals surface area (Å²) in [6, 6.07) is 11.0. The molecule has 0 saturated carbocycles. The fourth-order valence-electron chi connectivity index (χ4n) is 2.57. The second kappa shape index (κ2) is 5.44. The van der Waals surface area contributed by atoms with Crippen molar-refractivity contribution in [2.75, 3.05) is 17.2 Å². The van der Waals surface area contributed by atoms with Crippen LogP contribution in [0.2, 0.25) is 0 Å². The zero-order chi connectivity index (χ0) is 14.8. The molecule has 5 nitrogen and oxygen atoms in total. The molecule has 0 spiro atoms. The minimum Gasteiger partial charge on any atom is -0.385 e. The number of nitro benzene ring substituents is 1. The molecule has 21 heavy (non-hydrogen) atoms. The minimum absolute atomic E-state index is 0.0997. The second-order valence-electron chi connectivity index (χ2n) is 5.28. The zero-order valence-electron chi connectivity index (χ0n) is 11.8. The molecular weight excluding hydrogens is 266 g/mol. The first kappa shape index (κ1) is 13.4. The van der Waals surface area contributed by atoms with Crippen molar-refractivity contribution in [3.8, 4) is 0 Å². The minimum atomic E-state index is -0.374. The standard InChI is InChI=1S/C16H17N3O2/c1-11-4-6-14(19(20)21)10-16(11)18-13-5-7-15-12(9-13)3-2-8-17-15/h4-7,9-10,17-18H,2-3,8H2,1H3. The van der Waals surface area contributed by atoms with Gasteiger partial charge in [-0.3, -0.25) is 10.1 Å². The highest BCUT2D eigenvalue weighted by Gasteiger charge is 2.11. The summed E-state index contributed by atoms with van der Waals surface area (Å²) in [7, 11) is 0. The van der Waals surface area contributed by atoms with Gasteiger partial charge in [-0.15, -0.1) is 0 Å². The van der Waals surface area contributed by atoms with Crippen molar-refractivity contribution in [1.29, 1.82) is 0 Å². The quantitative estimate of drug-likeness (QED) is 0.660. The highest BCUT2D eigenvalue weighted by atomic mass is 16.6. The van der Waals surface area contributed by atoms with Crippen LogP contribution in [0.25, 0.3) is 0 Å². The molecule has 2 N–H and O–H groups in total. The maximum Gasteiger partial charge on any atom is 0.271 e. The van der Waals surface area contributed by atoms with Gasteiger partial charge in [-0.05, 0) is 49.1 Å². The van der Waals surface area contributed by atoms with E-state index in [9.17, 15) is 10.1 Å². The number of anilines is 3. The van der Waals surface area contributed by atoms with Crippen LogP contribution >= 0.6 is 0 Å². The van der Waals surface area contributed by atoms with Crippen molar-refractivity contribution in [2.24, 2.45) is 0 Å². The molecule has 0 radical (unpaired) electrons. The molecule has 0 bridgehead atoms. The maximum absolute atomic E-state index is 10.9. The molecule has 108 valence electrons. The van der Waals surface area contributed by atoms with Gasteiger partial charge in [0.25, 0.3) is 5.69 Å². The van der Waals surface area contributed by atoms with Gasteiger partial charge in [-0.1, -0.05) is 6.07 Å². The second-order valence-corrected chi connectivity index (χ2v) is 5.28. The molecule has 1 aliphatic heterocycles. The van der Waals surface area contributed by atoms with Gasteiger partial charge < -0.3 is 10.6 Å². The number of hydrogen-bond acceptors (Lipinski definition) is 4. The van der Waals surface area contributed by atoms with Crippen LogP contribution in [0.5, 0.6) is 0 Å². The van der Waals surface area contributed by atoms with E-state index in [0.717, 1.165) is 36.3 Å². The molecule has 5 heteroatoms. The van der Waals surface area contributed by atoms with E-state index in [1.54, 1.807) is 12.1 Å². The molecule has 0 unspecified atom stereocenters. The smallest absolute Gasteiger partial charge is 0.271 e. The Hall–Kier alpha value is -2.56. The van der Waals surface area contributed by atoms with E-state index in [0.29, 0.717) is 0 Å². The van der Waals surface area contributed by atoms with Crippen LogP contribution in [0.4, 0.5) is 22.7 Å². The van der Waals surface area contributed by atoms with E-state index >= 15 is 0 Å². The molecule has 0 aromatic heterocycles. The van der Waals surface area contributed by atoms with Gasteiger partial charge >= 0.3 is 0 Å². The molecule has 1 heterocycles. The molecule has 3 rings (SSSR count). The lowest BCUT2D eigenvalue weighted by Crippen LogP contribution is -2.11. The molecule has 0 fully saturated rings. The molecule has 0 saturated heterocycles. The zero-order valence-corrected chi connectivity index (χ0v) is 11.8. The van der Waals surface area contributed by atoms with Crippen molar-refractivity contribution >= 4 is 22.7 Å². The van der Waals surface area contributed by atoms with Crippen LogP contribution in [0, 0.1) is 17.0 Å². The molecule has 0 atom stereocenters. The van der Waals surface area contributed by atoms with Crippen LogP contribution in [-0.4, -0.2) is 11.5 Å². The monoisotopic (exact) mass is 283 g/mol. The summed E-state index contributed by atoms with van der Waals surface area (Å²) in [6.45, 7) is 2.95. The van der Waals surface area contributed by atoms with E-state index in [1.807, 2.05) is 13.0 Å².